The number of benzene rings is 1. The number of amides is 3. The van der Waals surface area contributed by atoms with E-state index in [0.717, 1.165) is 30.1 Å². The maximum atomic E-state index is 12.8. The van der Waals surface area contributed by atoms with Gasteiger partial charge in [0.15, 0.2) is 0 Å². The molecule has 7 nitrogen and oxygen atoms in total. The van der Waals surface area contributed by atoms with Crippen molar-refractivity contribution in [2.24, 2.45) is 0 Å². The summed E-state index contributed by atoms with van der Waals surface area (Å²) in [4.78, 5) is 28.3. The monoisotopic (exact) mass is 359 g/mol. The van der Waals surface area contributed by atoms with Gasteiger partial charge in [-0.1, -0.05) is 23.7 Å². The van der Waals surface area contributed by atoms with Crippen LogP contribution < -0.4 is 0 Å². The third kappa shape index (κ3) is 2.89. The van der Waals surface area contributed by atoms with E-state index in [-0.39, 0.29) is 24.5 Å². The molecule has 1 aromatic heterocycles. The fraction of sp³-hybridized carbons (Fsp3) is 0.412. The number of imide groups is 1. The van der Waals surface area contributed by atoms with Gasteiger partial charge in [0.25, 0.3) is 5.91 Å². The number of nitrogens with zero attached hydrogens (tertiary/aromatic N) is 5. The molecule has 2 aliphatic rings. The van der Waals surface area contributed by atoms with Crippen LogP contribution in [-0.2, 0) is 24.3 Å². The van der Waals surface area contributed by atoms with E-state index in [0.29, 0.717) is 18.1 Å². The Hall–Kier alpha value is -2.41. The van der Waals surface area contributed by atoms with Crippen LogP contribution in [0.25, 0.3) is 0 Å². The highest BCUT2D eigenvalue weighted by Crippen LogP contribution is 2.24. The van der Waals surface area contributed by atoms with Gasteiger partial charge in [-0.05, 0) is 31.0 Å². The van der Waals surface area contributed by atoms with E-state index in [9.17, 15) is 9.59 Å². The van der Waals surface area contributed by atoms with Crippen molar-refractivity contribution in [1.29, 1.82) is 0 Å². The first-order valence-electron chi connectivity index (χ1n) is 8.27. The molecule has 0 saturated carbocycles. The lowest BCUT2D eigenvalue weighted by Crippen LogP contribution is -2.45. The summed E-state index contributed by atoms with van der Waals surface area (Å²) in [6.07, 6.45) is 1.45. The summed E-state index contributed by atoms with van der Waals surface area (Å²) < 4.78 is 2.00. The van der Waals surface area contributed by atoms with Gasteiger partial charge < -0.3 is 9.47 Å². The number of carbonyl (C=O) groups is 2. The van der Waals surface area contributed by atoms with Crippen molar-refractivity contribution in [3.63, 3.8) is 0 Å². The fourth-order valence-electron chi connectivity index (χ4n) is 3.52. The molecular weight excluding hydrogens is 342 g/mol. The number of aromatic nitrogens is 3. The molecule has 0 aliphatic carbocycles. The van der Waals surface area contributed by atoms with Gasteiger partial charge in [-0.15, -0.1) is 10.2 Å². The first-order valence-corrected chi connectivity index (χ1v) is 8.65. The largest absolute Gasteiger partial charge is 0.327 e. The molecule has 25 heavy (non-hydrogen) atoms. The summed E-state index contributed by atoms with van der Waals surface area (Å²) in [5.41, 5.74) is 0.952. The minimum Gasteiger partial charge on any atom is -0.313 e. The average molecular weight is 360 g/mol. The number of halogens is 1. The van der Waals surface area contributed by atoms with E-state index >= 15 is 0 Å². The number of urea groups is 1. The van der Waals surface area contributed by atoms with Crippen LogP contribution in [0.4, 0.5) is 4.79 Å². The van der Waals surface area contributed by atoms with Crippen molar-refractivity contribution >= 4 is 23.5 Å². The summed E-state index contributed by atoms with van der Waals surface area (Å²) >= 11 is 5.89. The zero-order chi connectivity index (χ0) is 17.6. The molecule has 4 rings (SSSR count). The Morgan fingerprint density at radius 1 is 1.20 bits per heavy atom. The standard InChI is InChI=1S/C17H18ClN5O2/c1-11-19-20-15-7-6-14(9-22(11)15)23-16(24)10-21(17(23)25)8-12-2-4-13(18)5-3-12/h2-5,14H,6-10H2,1H3. The SMILES string of the molecule is Cc1nnc2n1CC(N1C(=O)CN(Cc3ccc(Cl)cc3)C1=O)CC2. The van der Waals surface area contributed by atoms with Gasteiger partial charge in [0.05, 0.1) is 6.04 Å². The van der Waals surface area contributed by atoms with Crippen LogP contribution in [0.15, 0.2) is 24.3 Å². The predicted molar refractivity (Wildman–Crippen MR) is 91.0 cm³/mol. The van der Waals surface area contributed by atoms with Crippen LogP contribution >= 0.6 is 11.6 Å². The van der Waals surface area contributed by atoms with Crippen LogP contribution in [-0.4, -0.2) is 49.1 Å². The molecule has 1 atom stereocenters. The van der Waals surface area contributed by atoms with E-state index < -0.39 is 0 Å². The summed E-state index contributed by atoms with van der Waals surface area (Å²) in [6, 6.07) is 6.95. The lowest BCUT2D eigenvalue weighted by Gasteiger charge is -2.30. The Morgan fingerprint density at radius 2 is 1.96 bits per heavy atom. The molecule has 0 radical (unpaired) electrons. The molecule has 1 saturated heterocycles. The first kappa shape index (κ1) is 16.1. The lowest BCUT2D eigenvalue weighted by atomic mass is 10.1. The second-order valence-electron chi connectivity index (χ2n) is 6.50. The normalized spacial score (nSPS) is 20.3. The zero-order valence-corrected chi connectivity index (χ0v) is 14.6. The van der Waals surface area contributed by atoms with Crippen molar-refractivity contribution < 1.29 is 9.59 Å². The van der Waals surface area contributed by atoms with Gasteiger partial charge in [-0.3, -0.25) is 9.69 Å². The van der Waals surface area contributed by atoms with Gasteiger partial charge in [-0.2, -0.15) is 0 Å². The number of hydrogen-bond donors (Lipinski definition) is 0. The van der Waals surface area contributed by atoms with Crippen molar-refractivity contribution in [1.82, 2.24) is 24.6 Å². The summed E-state index contributed by atoms with van der Waals surface area (Å²) in [6.45, 7) is 2.98. The Kier molecular flexibility index (Phi) is 3.95. The average Bonchev–Trinajstić information content (AvgIpc) is 3.10. The van der Waals surface area contributed by atoms with Gasteiger partial charge in [0.1, 0.15) is 18.2 Å². The van der Waals surface area contributed by atoms with Crippen LogP contribution in [0.5, 0.6) is 0 Å². The second kappa shape index (κ2) is 6.15. The molecule has 1 unspecified atom stereocenters. The Bertz CT molecular complexity index is 832. The predicted octanol–water partition coefficient (Wildman–Crippen LogP) is 2.02. The maximum absolute atomic E-state index is 12.8. The highest BCUT2D eigenvalue weighted by Gasteiger charge is 2.41. The highest BCUT2D eigenvalue weighted by molar-refractivity contribution is 6.30. The quantitative estimate of drug-likeness (QED) is 0.786. The molecule has 3 amide bonds. The molecule has 2 aliphatic heterocycles. The molecule has 3 heterocycles. The highest BCUT2D eigenvalue weighted by atomic mass is 35.5. The first-order chi connectivity index (χ1) is 12.0. The topological polar surface area (TPSA) is 71.3 Å². The number of aryl methyl sites for hydroxylation is 2. The third-order valence-electron chi connectivity index (χ3n) is 4.83. The number of rotatable bonds is 3. The summed E-state index contributed by atoms with van der Waals surface area (Å²) in [7, 11) is 0. The smallest absolute Gasteiger partial charge is 0.313 e. The molecule has 130 valence electrons. The van der Waals surface area contributed by atoms with E-state index in [2.05, 4.69) is 10.2 Å². The van der Waals surface area contributed by atoms with Crippen LogP contribution in [0.3, 0.4) is 0 Å². The number of hydrogen-bond acceptors (Lipinski definition) is 4. The fourth-order valence-corrected chi connectivity index (χ4v) is 3.64. The van der Waals surface area contributed by atoms with Crippen molar-refractivity contribution in [2.75, 3.05) is 6.54 Å². The van der Waals surface area contributed by atoms with E-state index in [4.69, 9.17) is 11.6 Å². The van der Waals surface area contributed by atoms with Crippen LogP contribution in [0.1, 0.15) is 23.6 Å². The minimum atomic E-state index is -0.223. The van der Waals surface area contributed by atoms with Crippen LogP contribution in [0.2, 0.25) is 5.02 Å². The molecule has 0 bridgehead atoms. The van der Waals surface area contributed by atoms with E-state index in [1.54, 1.807) is 17.0 Å². The lowest BCUT2D eigenvalue weighted by molar-refractivity contribution is -0.127. The van der Waals surface area contributed by atoms with Gasteiger partial charge in [0, 0.05) is 24.5 Å². The van der Waals surface area contributed by atoms with Crippen molar-refractivity contribution in [3.8, 4) is 0 Å². The molecule has 1 aromatic carbocycles. The van der Waals surface area contributed by atoms with Crippen molar-refractivity contribution in [3.05, 3.63) is 46.5 Å². The summed E-state index contributed by atoms with van der Waals surface area (Å²) in [5.74, 6) is 1.60. The third-order valence-corrected chi connectivity index (χ3v) is 5.08. The zero-order valence-electron chi connectivity index (χ0n) is 13.9. The van der Waals surface area contributed by atoms with Crippen molar-refractivity contribution in [2.45, 2.75) is 38.9 Å². The number of fused-ring (bicyclic) bond motifs is 1. The molecule has 1 fully saturated rings. The number of carbonyl (C=O) groups excluding carboxylic acids is 2. The Labute approximate surface area is 150 Å². The molecule has 8 heteroatoms. The molecule has 0 spiro atoms. The molecular formula is C17H18ClN5O2. The van der Waals surface area contributed by atoms with E-state index in [1.807, 2.05) is 23.6 Å². The van der Waals surface area contributed by atoms with Gasteiger partial charge in [-0.25, -0.2) is 4.79 Å². The second-order valence-corrected chi connectivity index (χ2v) is 6.93. The maximum Gasteiger partial charge on any atom is 0.327 e. The molecule has 0 N–H and O–H groups in total. The Balaban J connectivity index is 1.50. The van der Waals surface area contributed by atoms with E-state index in [1.165, 1.54) is 4.90 Å². The van der Waals surface area contributed by atoms with Gasteiger partial charge in [0.2, 0.25) is 0 Å². The minimum absolute atomic E-state index is 0.117. The van der Waals surface area contributed by atoms with Gasteiger partial charge >= 0.3 is 6.03 Å². The Morgan fingerprint density at radius 3 is 2.72 bits per heavy atom. The van der Waals surface area contributed by atoms with Crippen LogP contribution in [0, 0.1) is 6.92 Å². The summed E-state index contributed by atoms with van der Waals surface area (Å²) in [5, 5.41) is 8.86. The molecule has 2 aromatic rings.